The molecule has 2 heterocycles. The van der Waals surface area contributed by atoms with Gasteiger partial charge in [-0.3, -0.25) is 0 Å². The van der Waals surface area contributed by atoms with E-state index in [0.717, 1.165) is 16.5 Å². The van der Waals surface area contributed by atoms with Gasteiger partial charge in [0, 0.05) is 23.1 Å². The van der Waals surface area contributed by atoms with Crippen molar-refractivity contribution in [1.29, 1.82) is 0 Å². The summed E-state index contributed by atoms with van der Waals surface area (Å²) in [6.45, 7) is 1.95. The van der Waals surface area contributed by atoms with Crippen molar-refractivity contribution < 1.29 is 18.1 Å². The summed E-state index contributed by atoms with van der Waals surface area (Å²) in [7, 11) is 0. The fourth-order valence-electron chi connectivity index (χ4n) is 3.80. The van der Waals surface area contributed by atoms with Gasteiger partial charge in [-0.25, -0.2) is 9.18 Å². The number of rotatable bonds is 5. The molecule has 0 spiro atoms. The standard InChI is InChI=1S/C26H18FNO4/c1-16-25(30-15-17-6-5-9-19(27)12-17)22(23-10-11-28-32-23)13-21-20(14-24(29)31-26(16)21)18-7-3-2-4-8-18/h2-14H,15H2,1H3. The molecule has 5 nitrogen and oxygen atoms in total. The molecule has 0 aliphatic heterocycles. The Bertz CT molecular complexity index is 1460. The summed E-state index contributed by atoms with van der Waals surface area (Å²) < 4.78 is 30.7. The number of aryl methyl sites for hydroxylation is 1. The number of ether oxygens (including phenoxy) is 1. The zero-order chi connectivity index (χ0) is 22.1. The highest BCUT2D eigenvalue weighted by molar-refractivity contribution is 5.99. The molecule has 0 saturated carbocycles. The Morgan fingerprint density at radius 3 is 2.56 bits per heavy atom. The van der Waals surface area contributed by atoms with Crippen LogP contribution in [0, 0.1) is 12.7 Å². The summed E-state index contributed by atoms with van der Waals surface area (Å²) in [6.07, 6.45) is 1.55. The molecule has 0 radical (unpaired) electrons. The fourth-order valence-corrected chi connectivity index (χ4v) is 3.80. The Kier molecular flexibility index (Phi) is 5.03. The van der Waals surface area contributed by atoms with Gasteiger partial charge in [0.15, 0.2) is 5.76 Å². The molecular formula is C26H18FNO4. The van der Waals surface area contributed by atoms with Gasteiger partial charge in [-0.1, -0.05) is 47.6 Å². The first-order valence-electron chi connectivity index (χ1n) is 10.1. The number of hydrogen-bond acceptors (Lipinski definition) is 5. The van der Waals surface area contributed by atoms with Crippen LogP contribution < -0.4 is 10.4 Å². The van der Waals surface area contributed by atoms with Gasteiger partial charge >= 0.3 is 5.63 Å². The van der Waals surface area contributed by atoms with E-state index in [4.69, 9.17) is 13.7 Å². The largest absolute Gasteiger partial charge is 0.488 e. The molecule has 0 bridgehead atoms. The molecule has 3 aromatic carbocycles. The zero-order valence-corrected chi connectivity index (χ0v) is 17.2. The molecule has 32 heavy (non-hydrogen) atoms. The van der Waals surface area contributed by atoms with Crippen LogP contribution in [0.4, 0.5) is 4.39 Å². The summed E-state index contributed by atoms with van der Waals surface area (Å²) in [5, 5.41) is 4.57. The minimum absolute atomic E-state index is 0.133. The molecular weight excluding hydrogens is 409 g/mol. The van der Waals surface area contributed by atoms with Crippen LogP contribution in [-0.4, -0.2) is 5.16 Å². The number of nitrogens with zero attached hydrogens (tertiary/aromatic N) is 1. The van der Waals surface area contributed by atoms with E-state index in [9.17, 15) is 9.18 Å². The molecule has 0 unspecified atom stereocenters. The monoisotopic (exact) mass is 427 g/mol. The second-order valence-corrected chi connectivity index (χ2v) is 7.40. The van der Waals surface area contributed by atoms with Gasteiger partial charge < -0.3 is 13.7 Å². The highest BCUT2D eigenvalue weighted by Crippen LogP contribution is 2.41. The minimum Gasteiger partial charge on any atom is -0.488 e. The molecule has 6 heteroatoms. The normalized spacial score (nSPS) is 11.1. The summed E-state index contributed by atoms with van der Waals surface area (Å²) in [5.41, 5.74) is 3.58. The van der Waals surface area contributed by atoms with E-state index < -0.39 is 5.63 Å². The summed E-state index contributed by atoms with van der Waals surface area (Å²) >= 11 is 0. The average molecular weight is 427 g/mol. The Labute approximate surface area is 182 Å². The molecule has 5 aromatic rings. The average Bonchev–Trinajstić information content (AvgIpc) is 3.34. The minimum atomic E-state index is -0.456. The second kappa shape index (κ2) is 8.15. The SMILES string of the molecule is Cc1c(OCc2cccc(F)c2)c(-c2ccno2)cc2c(-c3ccccc3)cc(=O)oc12. The third-order valence-corrected chi connectivity index (χ3v) is 5.27. The molecule has 0 saturated heterocycles. The molecule has 2 aromatic heterocycles. The summed E-state index contributed by atoms with van der Waals surface area (Å²) in [6, 6.07) is 20.9. The van der Waals surface area contributed by atoms with Gasteiger partial charge in [0.2, 0.25) is 0 Å². The first kappa shape index (κ1) is 19.8. The molecule has 0 atom stereocenters. The maximum atomic E-state index is 13.6. The van der Waals surface area contributed by atoms with Crippen LogP contribution in [0.25, 0.3) is 33.4 Å². The van der Waals surface area contributed by atoms with Crippen molar-refractivity contribution in [3.63, 3.8) is 0 Å². The van der Waals surface area contributed by atoms with Crippen LogP contribution in [-0.2, 0) is 6.61 Å². The fraction of sp³-hybridized carbons (Fsp3) is 0.0769. The van der Waals surface area contributed by atoms with Crippen molar-refractivity contribution in [2.24, 2.45) is 0 Å². The van der Waals surface area contributed by atoms with Crippen molar-refractivity contribution in [1.82, 2.24) is 5.16 Å². The Hall–Kier alpha value is -4.19. The van der Waals surface area contributed by atoms with Gasteiger partial charge in [0.25, 0.3) is 0 Å². The number of benzene rings is 3. The Morgan fingerprint density at radius 1 is 0.969 bits per heavy atom. The molecule has 5 rings (SSSR count). The third kappa shape index (κ3) is 3.67. The van der Waals surface area contributed by atoms with Crippen molar-refractivity contribution >= 4 is 11.0 Å². The lowest BCUT2D eigenvalue weighted by molar-refractivity contribution is 0.303. The van der Waals surface area contributed by atoms with E-state index in [1.807, 2.05) is 43.3 Å². The number of halogens is 1. The third-order valence-electron chi connectivity index (χ3n) is 5.27. The van der Waals surface area contributed by atoms with E-state index in [-0.39, 0.29) is 12.4 Å². The van der Waals surface area contributed by atoms with E-state index in [1.54, 1.807) is 24.4 Å². The van der Waals surface area contributed by atoms with Crippen molar-refractivity contribution in [2.45, 2.75) is 13.5 Å². The van der Waals surface area contributed by atoms with Crippen LogP contribution in [0.2, 0.25) is 0 Å². The molecule has 0 N–H and O–H groups in total. The van der Waals surface area contributed by atoms with Crippen LogP contribution in [0.15, 0.2) is 92.7 Å². The quantitative estimate of drug-likeness (QED) is 0.315. The van der Waals surface area contributed by atoms with Crippen molar-refractivity contribution in [2.75, 3.05) is 0 Å². The summed E-state index contributed by atoms with van der Waals surface area (Å²) in [4.78, 5) is 12.4. The smallest absolute Gasteiger partial charge is 0.336 e. The Balaban J connectivity index is 1.72. The first-order chi connectivity index (χ1) is 15.6. The predicted molar refractivity (Wildman–Crippen MR) is 119 cm³/mol. The van der Waals surface area contributed by atoms with Crippen molar-refractivity contribution in [3.8, 4) is 28.2 Å². The van der Waals surface area contributed by atoms with E-state index in [1.165, 1.54) is 18.2 Å². The van der Waals surface area contributed by atoms with Gasteiger partial charge in [-0.2, -0.15) is 0 Å². The molecule has 0 fully saturated rings. The molecule has 0 amide bonds. The van der Waals surface area contributed by atoms with Gasteiger partial charge in [0.1, 0.15) is 23.8 Å². The van der Waals surface area contributed by atoms with Gasteiger partial charge in [-0.15, -0.1) is 0 Å². The van der Waals surface area contributed by atoms with E-state index >= 15 is 0 Å². The molecule has 0 aliphatic carbocycles. The molecule has 0 aliphatic rings. The van der Waals surface area contributed by atoms with Gasteiger partial charge in [-0.05, 0) is 41.8 Å². The predicted octanol–water partition coefficient (Wildman–Crippen LogP) is 6.14. The van der Waals surface area contributed by atoms with Crippen molar-refractivity contribution in [3.05, 3.63) is 106 Å². The zero-order valence-electron chi connectivity index (χ0n) is 17.2. The van der Waals surface area contributed by atoms with Crippen LogP contribution in [0.1, 0.15) is 11.1 Å². The number of aromatic nitrogens is 1. The highest BCUT2D eigenvalue weighted by Gasteiger charge is 2.20. The molecule has 158 valence electrons. The lowest BCUT2D eigenvalue weighted by atomic mass is 9.96. The van der Waals surface area contributed by atoms with E-state index in [0.29, 0.717) is 33.8 Å². The lowest BCUT2D eigenvalue weighted by Gasteiger charge is -2.16. The summed E-state index contributed by atoms with van der Waals surface area (Å²) in [5.74, 6) is 0.650. The lowest BCUT2D eigenvalue weighted by Crippen LogP contribution is -2.03. The van der Waals surface area contributed by atoms with E-state index in [2.05, 4.69) is 5.16 Å². The van der Waals surface area contributed by atoms with Crippen LogP contribution >= 0.6 is 0 Å². The van der Waals surface area contributed by atoms with Crippen LogP contribution in [0.3, 0.4) is 0 Å². The first-order valence-corrected chi connectivity index (χ1v) is 10.1. The number of hydrogen-bond donors (Lipinski definition) is 0. The maximum absolute atomic E-state index is 13.6. The maximum Gasteiger partial charge on any atom is 0.336 e. The topological polar surface area (TPSA) is 65.5 Å². The Morgan fingerprint density at radius 2 is 1.81 bits per heavy atom. The van der Waals surface area contributed by atoms with Crippen LogP contribution in [0.5, 0.6) is 5.75 Å². The van der Waals surface area contributed by atoms with Gasteiger partial charge in [0.05, 0.1) is 11.8 Å². The number of fused-ring (bicyclic) bond motifs is 1. The highest BCUT2D eigenvalue weighted by atomic mass is 19.1. The second-order valence-electron chi connectivity index (χ2n) is 7.40.